The molecule has 2 amide bonds. The monoisotopic (exact) mass is 454 g/mol. The maximum absolute atomic E-state index is 12.3. The van der Waals surface area contributed by atoms with Gasteiger partial charge in [0.25, 0.3) is 11.8 Å². The molecule has 1 saturated carbocycles. The van der Waals surface area contributed by atoms with E-state index in [2.05, 4.69) is 10.6 Å². The lowest BCUT2D eigenvalue weighted by Crippen LogP contribution is -2.34. The lowest BCUT2D eigenvalue weighted by atomic mass is 9.87. The number of carboxylic acid groups (broad SMARTS) is 1. The largest absolute Gasteiger partial charge is 0.494 e. The van der Waals surface area contributed by atoms with E-state index in [0.717, 1.165) is 0 Å². The number of amides is 2. The van der Waals surface area contributed by atoms with Gasteiger partial charge < -0.3 is 25.2 Å². The molecule has 0 aliphatic heterocycles. The molecule has 0 unspecified atom stereocenters. The number of carbonyl (C=O) groups is 3. The Bertz CT molecular complexity index is 952. The Labute approximate surface area is 193 Å². The van der Waals surface area contributed by atoms with Gasteiger partial charge in [-0.15, -0.1) is 0 Å². The van der Waals surface area contributed by atoms with E-state index in [0.29, 0.717) is 68.0 Å². The molecule has 33 heavy (non-hydrogen) atoms. The van der Waals surface area contributed by atoms with Crippen molar-refractivity contribution in [2.75, 3.05) is 19.7 Å². The van der Waals surface area contributed by atoms with Gasteiger partial charge in [-0.3, -0.25) is 14.4 Å². The highest BCUT2D eigenvalue weighted by Crippen LogP contribution is 2.28. The van der Waals surface area contributed by atoms with Crippen LogP contribution in [0.2, 0.25) is 0 Å². The summed E-state index contributed by atoms with van der Waals surface area (Å²) < 4.78 is 11.3. The van der Waals surface area contributed by atoms with Gasteiger partial charge in [-0.2, -0.15) is 0 Å². The number of aliphatic carboxylic acids is 1. The van der Waals surface area contributed by atoms with Crippen molar-refractivity contribution in [2.45, 2.75) is 38.7 Å². The van der Waals surface area contributed by atoms with Crippen LogP contribution in [-0.2, 0) is 4.79 Å². The third kappa shape index (κ3) is 7.24. The Morgan fingerprint density at radius 3 is 2.12 bits per heavy atom. The zero-order valence-corrected chi connectivity index (χ0v) is 18.7. The highest BCUT2D eigenvalue weighted by atomic mass is 16.5. The standard InChI is InChI=1S/C25H30N2O6/c1-2-32-22-5-3-4-19(16-22)24(29)27-15-14-26-23(28)17-6-10-20(11-7-17)33-21-12-8-18(9-13-21)25(30)31/h3-7,10-11,16,18,21H,2,8-9,12-15H2,1H3,(H,26,28)(H,27,29)(H,30,31). The molecule has 2 aromatic carbocycles. The number of nitrogens with one attached hydrogen (secondary N) is 2. The summed E-state index contributed by atoms with van der Waals surface area (Å²) in [4.78, 5) is 35.6. The average Bonchev–Trinajstić information content (AvgIpc) is 2.83. The summed E-state index contributed by atoms with van der Waals surface area (Å²) >= 11 is 0. The van der Waals surface area contributed by atoms with Gasteiger partial charge in [0.15, 0.2) is 0 Å². The quantitative estimate of drug-likeness (QED) is 0.475. The van der Waals surface area contributed by atoms with Crippen molar-refractivity contribution in [2.24, 2.45) is 5.92 Å². The first-order chi connectivity index (χ1) is 16.0. The molecule has 1 aliphatic rings. The molecular weight excluding hydrogens is 424 g/mol. The molecular formula is C25H30N2O6. The van der Waals surface area contributed by atoms with Gasteiger partial charge in [0, 0.05) is 24.2 Å². The fourth-order valence-electron chi connectivity index (χ4n) is 3.75. The zero-order chi connectivity index (χ0) is 23.6. The molecule has 3 N–H and O–H groups in total. The van der Waals surface area contributed by atoms with Gasteiger partial charge >= 0.3 is 5.97 Å². The van der Waals surface area contributed by atoms with Gasteiger partial charge in [-0.1, -0.05) is 6.07 Å². The van der Waals surface area contributed by atoms with E-state index >= 15 is 0 Å². The summed E-state index contributed by atoms with van der Waals surface area (Å²) in [5.41, 5.74) is 0.993. The molecule has 176 valence electrons. The smallest absolute Gasteiger partial charge is 0.306 e. The minimum absolute atomic E-state index is 0.00174. The van der Waals surface area contributed by atoms with Crippen LogP contribution < -0.4 is 20.1 Å². The van der Waals surface area contributed by atoms with Gasteiger partial charge in [-0.25, -0.2) is 0 Å². The van der Waals surface area contributed by atoms with Crippen molar-refractivity contribution in [1.82, 2.24) is 10.6 Å². The topological polar surface area (TPSA) is 114 Å². The molecule has 3 rings (SSSR count). The molecule has 2 aromatic rings. The molecule has 0 aromatic heterocycles. The third-order valence-corrected chi connectivity index (χ3v) is 5.55. The molecule has 8 heteroatoms. The van der Waals surface area contributed by atoms with Crippen molar-refractivity contribution in [3.63, 3.8) is 0 Å². The van der Waals surface area contributed by atoms with Crippen LogP contribution in [0.5, 0.6) is 11.5 Å². The van der Waals surface area contributed by atoms with Crippen molar-refractivity contribution < 1.29 is 29.0 Å². The van der Waals surface area contributed by atoms with Crippen LogP contribution in [0.3, 0.4) is 0 Å². The van der Waals surface area contributed by atoms with Crippen LogP contribution in [-0.4, -0.2) is 48.7 Å². The summed E-state index contributed by atoms with van der Waals surface area (Å²) in [5, 5.41) is 14.6. The lowest BCUT2D eigenvalue weighted by Gasteiger charge is -2.26. The number of hydrogen-bond acceptors (Lipinski definition) is 5. The Balaban J connectivity index is 1.39. The summed E-state index contributed by atoms with van der Waals surface area (Å²) in [6.07, 6.45) is 2.66. The molecule has 0 radical (unpaired) electrons. The Morgan fingerprint density at radius 1 is 0.879 bits per heavy atom. The van der Waals surface area contributed by atoms with Crippen LogP contribution in [0, 0.1) is 5.92 Å². The fraction of sp³-hybridized carbons (Fsp3) is 0.400. The number of rotatable bonds is 10. The predicted molar refractivity (Wildman–Crippen MR) is 123 cm³/mol. The van der Waals surface area contributed by atoms with Gasteiger partial charge in [0.1, 0.15) is 11.5 Å². The number of carbonyl (C=O) groups excluding carboxylic acids is 2. The van der Waals surface area contributed by atoms with Gasteiger partial charge in [0.05, 0.1) is 18.6 Å². The van der Waals surface area contributed by atoms with E-state index < -0.39 is 5.97 Å². The van der Waals surface area contributed by atoms with Crippen molar-refractivity contribution in [3.8, 4) is 11.5 Å². The van der Waals surface area contributed by atoms with Crippen molar-refractivity contribution >= 4 is 17.8 Å². The van der Waals surface area contributed by atoms with E-state index in [-0.39, 0.29) is 23.8 Å². The summed E-state index contributed by atoms with van der Waals surface area (Å²) in [7, 11) is 0. The molecule has 8 nitrogen and oxygen atoms in total. The fourth-order valence-corrected chi connectivity index (χ4v) is 3.75. The average molecular weight is 455 g/mol. The molecule has 0 spiro atoms. The normalized spacial score (nSPS) is 17.6. The maximum Gasteiger partial charge on any atom is 0.306 e. The van der Waals surface area contributed by atoms with E-state index in [4.69, 9.17) is 14.6 Å². The highest BCUT2D eigenvalue weighted by molar-refractivity contribution is 5.95. The van der Waals surface area contributed by atoms with E-state index in [1.165, 1.54) is 0 Å². The van der Waals surface area contributed by atoms with Crippen LogP contribution >= 0.6 is 0 Å². The number of hydrogen-bond donors (Lipinski definition) is 3. The molecule has 0 heterocycles. The predicted octanol–water partition coefficient (Wildman–Crippen LogP) is 3.27. The molecule has 0 saturated heterocycles. The van der Waals surface area contributed by atoms with Crippen LogP contribution in [0.25, 0.3) is 0 Å². The second kappa shape index (κ2) is 11.9. The van der Waals surface area contributed by atoms with Crippen LogP contribution in [0.4, 0.5) is 0 Å². The third-order valence-electron chi connectivity index (χ3n) is 5.55. The minimum Gasteiger partial charge on any atom is -0.494 e. The zero-order valence-electron chi connectivity index (χ0n) is 18.7. The number of benzene rings is 2. The Kier molecular flexibility index (Phi) is 8.69. The van der Waals surface area contributed by atoms with E-state index in [1.54, 1.807) is 48.5 Å². The first kappa shape index (κ1) is 24.1. The Hall–Kier alpha value is -3.55. The summed E-state index contributed by atoms with van der Waals surface area (Å²) in [5.74, 6) is -0.188. The second-order valence-electron chi connectivity index (χ2n) is 7.93. The van der Waals surface area contributed by atoms with Crippen LogP contribution in [0.15, 0.2) is 48.5 Å². The molecule has 1 aliphatic carbocycles. The molecule has 0 bridgehead atoms. The molecule has 1 fully saturated rings. The van der Waals surface area contributed by atoms with E-state index in [1.807, 2.05) is 6.92 Å². The number of ether oxygens (including phenoxy) is 2. The summed E-state index contributed by atoms with van der Waals surface area (Å²) in [6, 6.07) is 13.8. The second-order valence-corrected chi connectivity index (χ2v) is 7.93. The number of carboxylic acids is 1. The highest BCUT2D eigenvalue weighted by Gasteiger charge is 2.26. The first-order valence-corrected chi connectivity index (χ1v) is 11.2. The van der Waals surface area contributed by atoms with Crippen molar-refractivity contribution in [1.29, 1.82) is 0 Å². The van der Waals surface area contributed by atoms with Gasteiger partial charge in [0.2, 0.25) is 0 Å². The maximum atomic E-state index is 12.3. The lowest BCUT2D eigenvalue weighted by molar-refractivity contribution is -0.143. The first-order valence-electron chi connectivity index (χ1n) is 11.2. The van der Waals surface area contributed by atoms with Crippen LogP contribution in [0.1, 0.15) is 53.3 Å². The SMILES string of the molecule is CCOc1cccc(C(=O)NCCNC(=O)c2ccc(OC3CCC(C(=O)O)CC3)cc2)c1. The summed E-state index contributed by atoms with van der Waals surface area (Å²) in [6.45, 7) is 2.99. The van der Waals surface area contributed by atoms with Crippen molar-refractivity contribution in [3.05, 3.63) is 59.7 Å². The van der Waals surface area contributed by atoms with Gasteiger partial charge in [-0.05, 0) is 75.1 Å². The Morgan fingerprint density at radius 2 is 1.52 bits per heavy atom. The van der Waals surface area contributed by atoms with E-state index in [9.17, 15) is 14.4 Å². The molecule has 0 atom stereocenters. The minimum atomic E-state index is -0.737.